The summed E-state index contributed by atoms with van der Waals surface area (Å²) in [6, 6.07) is -0.281. The molecule has 0 saturated carbocycles. The van der Waals surface area contributed by atoms with Gasteiger partial charge in [0.25, 0.3) is 0 Å². The van der Waals surface area contributed by atoms with Gasteiger partial charge < -0.3 is 15.7 Å². The highest BCUT2D eigenvalue weighted by Crippen LogP contribution is 2.19. The quantitative estimate of drug-likeness (QED) is 0.612. The third-order valence-electron chi connectivity index (χ3n) is 3.83. The van der Waals surface area contributed by atoms with E-state index >= 15 is 0 Å². The number of rotatable bonds is 9. The van der Waals surface area contributed by atoms with Gasteiger partial charge in [-0.3, -0.25) is 4.79 Å². The summed E-state index contributed by atoms with van der Waals surface area (Å²) < 4.78 is 0. The Morgan fingerprint density at radius 2 is 1.38 bits per heavy atom. The highest BCUT2D eigenvalue weighted by atomic mass is 16.4. The van der Waals surface area contributed by atoms with Crippen LogP contribution in [-0.4, -0.2) is 30.2 Å². The average Bonchev–Trinajstić information content (AvgIpc) is 2.32. The fourth-order valence-corrected chi connectivity index (χ4v) is 2.57. The van der Waals surface area contributed by atoms with Gasteiger partial charge in [0, 0.05) is 13.1 Å². The molecule has 0 bridgehead atoms. The Labute approximate surface area is 128 Å². The Bertz CT molecular complexity index is 319. The molecule has 2 amide bonds. The van der Waals surface area contributed by atoms with Crippen LogP contribution in [-0.2, 0) is 4.79 Å². The van der Waals surface area contributed by atoms with E-state index in [0.717, 1.165) is 0 Å². The van der Waals surface area contributed by atoms with Crippen LogP contribution in [0.4, 0.5) is 4.79 Å². The highest BCUT2D eigenvalue weighted by Gasteiger charge is 2.21. The molecule has 0 radical (unpaired) electrons. The summed E-state index contributed by atoms with van der Waals surface area (Å²) >= 11 is 0. The zero-order valence-corrected chi connectivity index (χ0v) is 14.3. The molecule has 0 aliphatic rings. The average molecular weight is 300 g/mol. The van der Waals surface area contributed by atoms with Gasteiger partial charge in [0.1, 0.15) is 0 Å². The Hall–Kier alpha value is -1.26. The molecule has 0 aliphatic heterocycles. The lowest BCUT2D eigenvalue weighted by Gasteiger charge is -2.25. The van der Waals surface area contributed by atoms with E-state index in [0.29, 0.717) is 36.6 Å². The van der Waals surface area contributed by atoms with E-state index in [4.69, 9.17) is 5.11 Å². The van der Waals surface area contributed by atoms with E-state index in [-0.39, 0.29) is 12.6 Å². The van der Waals surface area contributed by atoms with Crippen molar-refractivity contribution in [2.45, 2.75) is 48.0 Å². The zero-order chi connectivity index (χ0) is 16.6. The summed E-state index contributed by atoms with van der Waals surface area (Å²) in [7, 11) is 0. The smallest absolute Gasteiger partial charge is 0.314 e. The summed E-state index contributed by atoms with van der Waals surface area (Å²) in [5.41, 5.74) is 0. The van der Waals surface area contributed by atoms with Gasteiger partial charge in [0.15, 0.2) is 0 Å². The first-order valence-corrected chi connectivity index (χ1v) is 7.89. The maximum absolute atomic E-state index is 11.8. The molecule has 5 heteroatoms. The van der Waals surface area contributed by atoms with Crippen molar-refractivity contribution in [2.75, 3.05) is 13.1 Å². The predicted octanol–water partition coefficient (Wildman–Crippen LogP) is 2.96. The number of aliphatic carboxylic acids is 1. The summed E-state index contributed by atoms with van der Waals surface area (Å²) in [6.07, 6.45) is 0.566. The predicted molar refractivity (Wildman–Crippen MR) is 85.1 cm³/mol. The Kier molecular flexibility index (Phi) is 9.06. The maximum atomic E-state index is 11.8. The Morgan fingerprint density at radius 3 is 1.76 bits per heavy atom. The molecule has 0 fully saturated rings. The number of carboxylic acids is 1. The molecular weight excluding hydrogens is 268 g/mol. The molecule has 1 unspecified atom stereocenters. The van der Waals surface area contributed by atoms with Gasteiger partial charge in [-0.1, -0.05) is 41.5 Å². The molecule has 0 saturated heterocycles. The van der Waals surface area contributed by atoms with Crippen LogP contribution in [0, 0.1) is 29.6 Å². The summed E-state index contributed by atoms with van der Waals surface area (Å²) in [5, 5.41) is 14.6. The van der Waals surface area contributed by atoms with Crippen LogP contribution in [0.3, 0.4) is 0 Å². The van der Waals surface area contributed by atoms with Gasteiger partial charge in [-0.25, -0.2) is 4.79 Å². The normalized spacial score (nSPS) is 13.0. The summed E-state index contributed by atoms with van der Waals surface area (Å²) in [5.74, 6) is 0.327. The molecule has 3 N–H and O–H groups in total. The van der Waals surface area contributed by atoms with Crippen LogP contribution in [0.2, 0.25) is 0 Å². The van der Waals surface area contributed by atoms with Crippen LogP contribution >= 0.6 is 0 Å². The first-order valence-electron chi connectivity index (χ1n) is 7.89. The van der Waals surface area contributed by atoms with Crippen molar-refractivity contribution < 1.29 is 14.7 Å². The fourth-order valence-electron chi connectivity index (χ4n) is 2.57. The largest absolute Gasteiger partial charge is 0.481 e. The minimum atomic E-state index is -0.855. The van der Waals surface area contributed by atoms with Crippen LogP contribution in [0.5, 0.6) is 0 Å². The van der Waals surface area contributed by atoms with Gasteiger partial charge in [-0.2, -0.15) is 0 Å². The van der Waals surface area contributed by atoms with Crippen molar-refractivity contribution in [3.05, 3.63) is 0 Å². The van der Waals surface area contributed by atoms with Gasteiger partial charge in [0.05, 0.1) is 5.92 Å². The molecule has 0 aromatic carbocycles. The first kappa shape index (κ1) is 19.7. The molecule has 0 aromatic heterocycles. The molecule has 21 heavy (non-hydrogen) atoms. The molecule has 0 rings (SSSR count). The van der Waals surface area contributed by atoms with Crippen molar-refractivity contribution in [3.8, 4) is 0 Å². The Morgan fingerprint density at radius 1 is 0.905 bits per heavy atom. The molecule has 1 atom stereocenters. The lowest BCUT2D eigenvalue weighted by atomic mass is 9.85. The van der Waals surface area contributed by atoms with Crippen LogP contribution in [0.25, 0.3) is 0 Å². The number of hydrogen-bond acceptors (Lipinski definition) is 2. The van der Waals surface area contributed by atoms with Crippen molar-refractivity contribution in [1.29, 1.82) is 0 Å². The number of hydrogen-bond donors (Lipinski definition) is 3. The van der Waals surface area contributed by atoms with Gasteiger partial charge in [-0.15, -0.1) is 0 Å². The van der Waals surface area contributed by atoms with Gasteiger partial charge >= 0.3 is 12.0 Å². The van der Waals surface area contributed by atoms with Crippen molar-refractivity contribution in [2.24, 2.45) is 29.6 Å². The minimum absolute atomic E-state index is 0.174. The minimum Gasteiger partial charge on any atom is -0.481 e. The topological polar surface area (TPSA) is 78.4 Å². The Balaban J connectivity index is 4.21. The van der Waals surface area contributed by atoms with Crippen LogP contribution in [0.1, 0.15) is 48.0 Å². The number of carbonyl (C=O) groups excluding carboxylic acids is 1. The maximum Gasteiger partial charge on any atom is 0.314 e. The van der Waals surface area contributed by atoms with E-state index in [1.807, 2.05) is 13.8 Å². The second-order valence-corrected chi connectivity index (χ2v) is 6.91. The molecule has 0 heterocycles. The highest BCUT2D eigenvalue weighted by molar-refractivity contribution is 5.75. The van der Waals surface area contributed by atoms with Crippen molar-refractivity contribution >= 4 is 12.0 Å². The molecule has 5 nitrogen and oxygen atoms in total. The van der Waals surface area contributed by atoms with Gasteiger partial charge in [-0.05, 0) is 30.1 Å². The molecule has 0 spiro atoms. The SMILES string of the molecule is CC(C)CC(CNC(=O)NCC(C(C)C)C(C)C)C(=O)O. The van der Waals surface area contributed by atoms with E-state index in [1.54, 1.807) is 0 Å². The fraction of sp³-hybridized carbons (Fsp3) is 0.875. The van der Waals surface area contributed by atoms with Crippen molar-refractivity contribution in [3.63, 3.8) is 0 Å². The number of amides is 2. The molecule has 0 aromatic rings. The number of carbonyl (C=O) groups is 2. The molecule has 0 aliphatic carbocycles. The van der Waals surface area contributed by atoms with E-state index < -0.39 is 11.9 Å². The van der Waals surface area contributed by atoms with Gasteiger partial charge in [0.2, 0.25) is 0 Å². The van der Waals surface area contributed by atoms with Crippen molar-refractivity contribution in [1.82, 2.24) is 10.6 Å². The van der Waals surface area contributed by atoms with Crippen LogP contribution < -0.4 is 10.6 Å². The van der Waals surface area contributed by atoms with E-state index in [2.05, 4.69) is 38.3 Å². The second-order valence-electron chi connectivity index (χ2n) is 6.91. The number of carboxylic acid groups (broad SMARTS) is 1. The first-order chi connectivity index (χ1) is 9.65. The zero-order valence-electron chi connectivity index (χ0n) is 14.3. The lowest BCUT2D eigenvalue weighted by Crippen LogP contribution is -2.43. The second kappa shape index (κ2) is 9.64. The van der Waals surface area contributed by atoms with Crippen LogP contribution in [0.15, 0.2) is 0 Å². The summed E-state index contributed by atoms with van der Waals surface area (Å²) in [6.45, 7) is 13.3. The third kappa shape index (κ3) is 8.58. The van der Waals surface area contributed by atoms with E-state index in [9.17, 15) is 9.59 Å². The molecular formula is C16H32N2O3. The standard InChI is InChI=1S/C16H32N2O3/c1-10(2)7-13(15(19)20)8-17-16(21)18-9-14(11(3)4)12(5)6/h10-14H,7-9H2,1-6H3,(H,19,20)(H2,17,18,21). The number of nitrogens with one attached hydrogen (secondary N) is 2. The van der Waals surface area contributed by atoms with E-state index in [1.165, 1.54) is 0 Å². The molecule has 124 valence electrons. The third-order valence-corrected chi connectivity index (χ3v) is 3.83. The summed E-state index contributed by atoms with van der Waals surface area (Å²) in [4.78, 5) is 22.9. The number of urea groups is 1. The monoisotopic (exact) mass is 300 g/mol. The lowest BCUT2D eigenvalue weighted by molar-refractivity contribution is -0.142.